The molecule has 1 aliphatic rings. The van der Waals surface area contributed by atoms with Crippen molar-refractivity contribution in [3.8, 4) is 5.75 Å². The van der Waals surface area contributed by atoms with Gasteiger partial charge in [0.15, 0.2) is 0 Å². The molecule has 0 saturated carbocycles. The number of para-hydroxylation sites is 1. The molecule has 0 aliphatic carbocycles. The number of amides is 1. The normalized spacial score (nSPS) is 22.0. The highest BCUT2D eigenvalue weighted by Crippen LogP contribution is 2.29. The average molecular weight is 331 g/mol. The molecule has 0 spiro atoms. The lowest BCUT2D eigenvalue weighted by atomic mass is 10.0. The molecule has 3 unspecified atom stereocenters. The second-order valence-corrected chi connectivity index (χ2v) is 6.71. The quantitative estimate of drug-likeness (QED) is 0.677. The van der Waals surface area contributed by atoms with Crippen molar-refractivity contribution in [2.45, 2.75) is 37.9 Å². The molecule has 0 radical (unpaired) electrons. The summed E-state index contributed by atoms with van der Waals surface area (Å²) in [6, 6.07) is 9.00. The van der Waals surface area contributed by atoms with Crippen molar-refractivity contribution in [1.29, 1.82) is 0 Å². The van der Waals surface area contributed by atoms with E-state index in [9.17, 15) is 9.90 Å². The lowest BCUT2D eigenvalue weighted by Crippen LogP contribution is -2.46. The number of nitrogens with one attached hydrogen (secondary N) is 3. The molecule has 3 atom stereocenters. The number of hydrogen-bond acceptors (Lipinski definition) is 5. The SMILES string of the molecule is CC(Cc1ccsc1)NC(=O)C1CC(c2ccccc2O)NN1. The van der Waals surface area contributed by atoms with Crippen molar-refractivity contribution >= 4 is 17.2 Å². The zero-order valence-corrected chi connectivity index (χ0v) is 13.8. The average Bonchev–Trinajstić information content (AvgIpc) is 3.19. The van der Waals surface area contributed by atoms with Gasteiger partial charge in [-0.2, -0.15) is 11.3 Å². The molecule has 1 fully saturated rings. The first kappa shape index (κ1) is 16.0. The van der Waals surface area contributed by atoms with Crippen LogP contribution >= 0.6 is 11.3 Å². The first-order valence-corrected chi connectivity index (χ1v) is 8.68. The van der Waals surface area contributed by atoms with Gasteiger partial charge in [0.25, 0.3) is 0 Å². The highest BCUT2D eigenvalue weighted by Gasteiger charge is 2.31. The van der Waals surface area contributed by atoms with Crippen molar-refractivity contribution in [3.63, 3.8) is 0 Å². The van der Waals surface area contributed by atoms with Crippen LogP contribution < -0.4 is 16.2 Å². The molecule has 5 nitrogen and oxygen atoms in total. The van der Waals surface area contributed by atoms with Gasteiger partial charge in [-0.15, -0.1) is 0 Å². The summed E-state index contributed by atoms with van der Waals surface area (Å²) >= 11 is 1.67. The summed E-state index contributed by atoms with van der Waals surface area (Å²) in [6.07, 6.45) is 1.44. The Balaban J connectivity index is 1.54. The Morgan fingerprint density at radius 3 is 2.96 bits per heavy atom. The molecule has 2 heterocycles. The number of carbonyl (C=O) groups is 1. The number of carbonyl (C=O) groups excluding carboxylic acids is 1. The van der Waals surface area contributed by atoms with E-state index in [2.05, 4.69) is 27.6 Å². The van der Waals surface area contributed by atoms with Gasteiger partial charge in [0.1, 0.15) is 11.8 Å². The summed E-state index contributed by atoms with van der Waals surface area (Å²) in [6.45, 7) is 2.01. The zero-order valence-electron chi connectivity index (χ0n) is 13.0. The van der Waals surface area contributed by atoms with Crippen LogP contribution in [0.15, 0.2) is 41.1 Å². The summed E-state index contributed by atoms with van der Waals surface area (Å²) in [4.78, 5) is 12.4. The van der Waals surface area contributed by atoms with Crippen molar-refractivity contribution in [1.82, 2.24) is 16.2 Å². The molecule has 2 aromatic rings. The third-order valence-corrected chi connectivity index (χ3v) is 4.77. The Morgan fingerprint density at radius 1 is 1.39 bits per heavy atom. The number of phenolic OH excluding ortho intramolecular Hbond substituents is 1. The van der Waals surface area contributed by atoms with Gasteiger partial charge in [-0.1, -0.05) is 18.2 Å². The predicted octanol–water partition coefficient (Wildman–Crippen LogP) is 2.11. The smallest absolute Gasteiger partial charge is 0.238 e. The topological polar surface area (TPSA) is 73.4 Å². The van der Waals surface area contributed by atoms with Crippen LogP contribution in [0.2, 0.25) is 0 Å². The lowest BCUT2D eigenvalue weighted by molar-refractivity contribution is -0.123. The lowest BCUT2D eigenvalue weighted by Gasteiger charge is -2.16. The molecule has 1 amide bonds. The van der Waals surface area contributed by atoms with Crippen molar-refractivity contribution in [2.75, 3.05) is 0 Å². The fourth-order valence-corrected chi connectivity index (χ4v) is 3.55. The second kappa shape index (κ2) is 7.12. The third kappa shape index (κ3) is 3.90. The van der Waals surface area contributed by atoms with Gasteiger partial charge in [0.05, 0.1) is 6.04 Å². The van der Waals surface area contributed by atoms with Crippen LogP contribution in [0.3, 0.4) is 0 Å². The molecule has 0 bridgehead atoms. The molecule has 1 aliphatic heterocycles. The Bertz CT molecular complexity index is 660. The van der Waals surface area contributed by atoms with E-state index in [0.717, 1.165) is 12.0 Å². The minimum Gasteiger partial charge on any atom is -0.508 e. The molecule has 3 rings (SSSR count). The monoisotopic (exact) mass is 331 g/mol. The number of thiophene rings is 1. The number of aromatic hydroxyl groups is 1. The fraction of sp³-hybridized carbons (Fsp3) is 0.353. The van der Waals surface area contributed by atoms with Gasteiger partial charge in [0, 0.05) is 11.6 Å². The van der Waals surface area contributed by atoms with Crippen LogP contribution in [0.25, 0.3) is 0 Å². The third-order valence-electron chi connectivity index (χ3n) is 4.04. The first-order valence-electron chi connectivity index (χ1n) is 7.74. The number of benzene rings is 1. The van der Waals surface area contributed by atoms with Crippen molar-refractivity contribution in [3.05, 3.63) is 52.2 Å². The van der Waals surface area contributed by atoms with Crippen LogP contribution in [0, 0.1) is 0 Å². The molecular weight excluding hydrogens is 310 g/mol. The summed E-state index contributed by atoms with van der Waals surface area (Å²) in [5.41, 5.74) is 8.17. The number of rotatable bonds is 5. The van der Waals surface area contributed by atoms with Crippen molar-refractivity contribution < 1.29 is 9.90 Å². The minimum absolute atomic E-state index is 0.0156. The predicted molar refractivity (Wildman–Crippen MR) is 91.2 cm³/mol. The summed E-state index contributed by atoms with van der Waals surface area (Å²) in [5.74, 6) is 0.233. The Morgan fingerprint density at radius 2 is 2.22 bits per heavy atom. The van der Waals surface area contributed by atoms with E-state index in [1.165, 1.54) is 5.56 Å². The largest absolute Gasteiger partial charge is 0.508 e. The molecule has 23 heavy (non-hydrogen) atoms. The molecule has 6 heteroatoms. The molecule has 122 valence electrons. The Hall–Kier alpha value is -1.89. The van der Waals surface area contributed by atoms with Crippen LogP contribution in [-0.4, -0.2) is 23.1 Å². The summed E-state index contributed by atoms with van der Waals surface area (Å²) in [5, 5.41) is 17.1. The van der Waals surface area contributed by atoms with E-state index in [1.807, 2.05) is 24.4 Å². The number of hydrogen-bond donors (Lipinski definition) is 4. The van der Waals surface area contributed by atoms with Gasteiger partial charge in [-0.3, -0.25) is 4.79 Å². The van der Waals surface area contributed by atoms with Crippen LogP contribution in [0.1, 0.15) is 30.5 Å². The van der Waals surface area contributed by atoms with Gasteiger partial charge in [-0.25, -0.2) is 10.9 Å². The van der Waals surface area contributed by atoms with Gasteiger partial charge < -0.3 is 10.4 Å². The molecular formula is C17H21N3O2S. The van der Waals surface area contributed by atoms with E-state index < -0.39 is 0 Å². The molecule has 1 aromatic heterocycles. The van der Waals surface area contributed by atoms with E-state index >= 15 is 0 Å². The standard InChI is InChI=1S/C17H21N3O2S/c1-11(8-12-6-7-23-10-12)18-17(22)15-9-14(19-20-15)13-4-2-3-5-16(13)21/h2-7,10-11,14-15,19-21H,8-9H2,1H3,(H,18,22). The maximum atomic E-state index is 12.4. The maximum Gasteiger partial charge on any atom is 0.238 e. The molecule has 1 saturated heterocycles. The molecule has 4 N–H and O–H groups in total. The van der Waals surface area contributed by atoms with Gasteiger partial charge in [-0.05, 0) is 48.2 Å². The van der Waals surface area contributed by atoms with Crippen LogP contribution in [0.5, 0.6) is 5.75 Å². The number of phenols is 1. The van der Waals surface area contributed by atoms with E-state index in [-0.39, 0.29) is 29.8 Å². The van der Waals surface area contributed by atoms with Crippen molar-refractivity contribution in [2.24, 2.45) is 0 Å². The van der Waals surface area contributed by atoms with E-state index in [4.69, 9.17) is 0 Å². The highest BCUT2D eigenvalue weighted by atomic mass is 32.1. The van der Waals surface area contributed by atoms with Crippen LogP contribution in [0.4, 0.5) is 0 Å². The second-order valence-electron chi connectivity index (χ2n) is 5.93. The highest BCUT2D eigenvalue weighted by molar-refractivity contribution is 7.07. The first-order chi connectivity index (χ1) is 11.1. The zero-order chi connectivity index (χ0) is 16.2. The van der Waals surface area contributed by atoms with Gasteiger partial charge in [0.2, 0.25) is 5.91 Å². The number of hydrazine groups is 1. The Labute approximate surface area is 139 Å². The van der Waals surface area contributed by atoms with E-state index in [1.54, 1.807) is 23.5 Å². The summed E-state index contributed by atoms with van der Waals surface area (Å²) < 4.78 is 0. The van der Waals surface area contributed by atoms with Gasteiger partial charge >= 0.3 is 0 Å². The minimum atomic E-state index is -0.301. The maximum absolute atomic E-state index is 12.4. The molecule has 1 aromatic carbocycles. The van der Waals surface area contributed by atoms with Crippen LogP contribution in [-0.2, 0) is 11.2 Å². The Kier molecular flexibility index (Phi) is 4.95. The summed E-state index contributed by atoms with van der Waals surface area (Å²) in [7, 11) is 0. The fourth-order valence-electron chi connectivity index (χ4n) is 2.87. The van der Waals surface area contributed by atoms with E-state index in [0.29, 0.717) is 6.42 Å².